The molecule has 3 heterocycles. The predicted octanol–water partition coefficient (Wildman–Crippen LogP) is 2.58. The summed E-state index contributed by atoms with van der Waals surface area (Å²) in [6, 6.07) is 16.8. The van der Waals surface area contributed by atoms with E-state index in [1.807, 2.05) is 59.3 Å². The number of sulfonamides is 1. The molecule has 6 nitrogen and oxygen atoms in total. The number of pyridine rings is 2. The monoisotopic (exact) mass is 354 g/mol. The van der Waals surface area contributed by atoms with Crippen LogP contribution in [-0.4, -0.2) is 19.2 Å². The van der Waals surface area contributed by atoms with Crippen LogP contribution in [0, 0.1) is 0 Å². The maximum absolute atomic E-state index is 11.9. The summed E-state index contributed by atoms with van der Waals surface area (Å²) in [6.45, 7) is 0.444. The molecule has 4 rings (SSSR count). The van der Waals surface area contributed by atoms with Crippen molar-refractivity contribution in [1.82, 2.24) is 4.98 Å². The molecular weight excluding hydrogens is 338 g/mol. The van der Waals surface area contributed by atoms with E-state index in [2.05, 4.69) is 9.71 Å². The highest BCUT2D eigenvalue weighted by Crippen LogP contribution is 2.29. The van der Waals surface area contributed by atoms with Crippen molar-refractivity contribution in [2.75, 3.05) is 10.5 Å². The van der Waals surface area contributed by atoms with Gasteiger partial charge in [0.1, 0.15) is 18.0 Å². The molecule has 0 spiro atoms. The normalized spacial score (nSPS) is 15.0. The molecule has 1 aromatic carbocycles. The molecule has 25 heavy (non-hydrogen) atoms. The maximum Gasteiger partial charge on any atom is 0.302 e. The number of hydrogen-bond donors (Lipinski definition) is 1. The van der Waals surface area contributed by atoms with Gasteiger partial charge in [0.15, 0.2) is 0 Å². The average molecular weight is 354 g/mol. The lowest BCUT2D eigenvalue weighted by atomic mass is 10.1. The smallest absolute Gasteiger partial charge is 0.302 e. The van der Waals surface area contributed by atoms with E-state index in [9.17, 15) is 8.42 Å². The Kier molecular flexibility index (Phi) is 3.85. The molecule has 1 aliphatic heterocycles. The molecule has 126 valence electrons. The molecule has 2 aromatic heterocycles. The summed E-state index contributed by atoms with van der Waals surface area (Å²) in [6.07, 6.45) is 3.54. The number of fused-ring (bicyclic) bond motifs is 1. The maximum atomic E-state index is 11.9. The molecule has 0 aliphatic carbocycles. The van der Waals surface area contributed by atoms with Gasteiger partial charge in [0.05, 0.1) is 11.8 Å². The Balaban J connectivity index is 1.65. The second-order valence-corrected chi connectivity index (χ2v) is 7.52. The first kappa shape index (κ1) is 15.6. The number of anilines is 1. The SMILES string of the molecule is O=S1(=O)CC[n+]2cccc(-c3ccc(Oc4ccccn4)cc3)c2N1. The molecule has 0 bridgehead atoms. The second kappa shape index (κ2) is 6.18. The summed E-state index contributed by atoms with van der Waals surface area (Å²) >= 11 is 0. The lowest BCUT2D eigenvalue weighted by molar-refractivity contribution is -0.679. The van der Waals surface area contributed by atoms with Gasteiger partial charge in [-0.1, -0.05) is 18.2 Å². The Labute approximate surface area is 145 Å². The van der Waals surface area contributed by atoms with Gasteiger partial charge in [-0.25, -0.2) is 9.55 Å². The molecule has 0 fully saturated rings. The number of benzene rings is 1. The number of aromatic nitrogens is 2. The molecule has 0 unspecified atom stereocenters. The van der Waals surface area contributed by atoms with Gasteiger partial charge in [-0.2, -0.15) is 13.1 Å². The first-order chi connectivity index (χ1) is 12.1. The number of ether oxygens (including phenoxy) is 1. The van der Waals surface area contributed by atoms with Gasteiger partial charge in [0, 0.05) is 12.3 Å². The van der Waals surface area contributed by atoms with E-state index in [1.165, 1.54) is 0 Å². The standard InChI is InChI=1S/C18H15N3O3S/c22-25(23)13-12-21-11-3-4-16(18(21)20-25)14-6-8-15(9-7-14)24-17-5-1-2-10-19-17/h1-11H,12-13H2/p+1. The Bertz CT molecular complexity index is 1000. The van der Waals surface area contributed by atoms with E-state index in [0.29, 0.717) is 24.0 Å². The molecule has 1 N–H and O–H groups in total. The van der Waals surface area contributed by atoms with Gasteiger partial charge in [0.25, 0.3) is 5.82 Å². The Morgan fingerprint density at radius 1 is 1.04 bits per heavy atom. The molecular formula is C18H16N3O3S+. The van der Waals surface area contributed by atoms with Gasteiger partial charge < -0.3 is 4.74 Å². The molecule has 0 amide bonds. The summed E-state index contributed by atoms with van der Waals surface area (Å²) in [5, 5.41) is 0. The topological polar surface area (TPSA) is 72.2 Å². The van der Waals surface area contributed by atoms with Gasteiger partial charge in [-0.05, 0) is 35.9 Å². The molecule has 0 radical (unpaired) electrons. The number of nitrogens with zero attached hydrogens (tertiary/aromatic N) is 2. The van der Waals surface area contributed by atoms with E-state index in [1.54, 1.807) is 12.3 Å². The summed E-state index contributed by atoms with van der Waals surface area (Å²) in [5.74, 6) is 1.87. The van der Waals surface area contributed by atoms with Crippen molar-refractivity contribution in [1.29, 1.82) is 0 Å². The van der Waals surface area contributed by atoms with Crippen LogP contribution in [0.4, 0.5) is 5.82 Å². The minimum absolute atomic E-state index is 0.0883. The van der Waals surface area contributed by atoms with E-state index >= 15 is 0 Å². The van der Waals surface area contributed by atoms with Gasteiger partial charge in [-0.15, -0.1) is 0 Å². The third-order valence-corrected chi connectivity index (χ3v) is 5.17. The van der Waals surface area contributed by atoms with Crippen LogP contribution in [0.2, 0.25) is 0 Å². The van der Waals surface area contributed by atoms with Gasteiger partial charge >= 0.3 is 10.0 Å². The predicted molar refractivity (Wildman–Crippen MR) is 93.8 cm³/mol. The molecule has 3 aromatic rings. The van der Waals surface area contributed by atoms with Crippen molar-refractivity contribution in [3.63, 3.8) is 0 Å². The second-order valence-electron chi connectivity index (χ2n) is 5.68. The molecule has 1 aliphatic rings. The van der Waals surface area contributed by atoms with E-state index in [0.717, 1.165) is 11.1 Å². The third-order valence-electron chi connectivity index (χ3n) is 3.95. The lowest BCUT2D eigenvalue weighted by Crippen LogP contribution is -2.47. The largest absolute Gasteiger partial charge is 0.439 e. The summed E-state index contributed by atoms with van der Waals surface area (Å²) < 4.78 is 34.1. The van der Waals surface area contributed by atoms with Crippen molar-refractivity contribution in [2.24, 2.45) is 0 Å². The summed E-state index contributed by atoms with van der Waals surface area (Å²) in [5.41, 5.74) is 1.73. The van der Waals surface area contributed by atoms with Crippen LogP contribution in [0.3, 0.4) is 0 Å². The van der Waals surface area contributed by atoms with E-state index in [-0.39, 0.29) is 5.75 Å². The zero-order valence-electron chi connectivity index (χ0n) is 13.3. The van der Waals surface area contributed by atoms with Crippen LogP contribution in [-0.2, 0) is 16.6 Å². The lowest BCUT2D eigenvalue weighted by Gasteiger charge is -2.15. The third kappa shape index (κ3) is 3.32. The van der Waals surface area contributed by atoms with Crippen molar-refractivity contribution >= 4 is 15.8 Å². The highest BCUT2D eigenvalue weighted by atomic mass is 32.2. The van der Waals surface area contributed by atoms with Crippen LogP contribution in [0.25, 0.3) is 11.1 Å². The Morgan fingerprint density at radius 2 is 1.88 bits per heavy atom. The zero-order valence-corrected chi connectivity index (χ0v) is 14.1. The van der Waals surface area contributed by atoms with E-state index < -0.39 is 10.0 Å². The van der Waals surface area contributed by atoms with Crippen LogP contribution >= 0.6 is 0 Å². The fourth-order valence-corrected chi connectivity index (χ4v) is 3.79. The quantitative estimate of drug-likeness (QED) is 0.734. The first-order valence-corrected chi connectivity index (χ1v) is 9.48. The van der Waals surface area contributed by atoms with Crippen molar-refractivity contribution in [2.45, 2.75) is 6.54 Å². The number of nitrogens with one attached hydrogen (secondary N) is 1. The molecule has 0 saturated carbocycles. The zero-order chi connectivity index (χ0) is 17.3. The first-order valence-electron chi connectivity index (χ1n) is 7.83. The number of rotatable bonds is 3. The van der Waals surface area contributed by atoms with Crippen LogP contribution in [0.1, 0.15) is 0 Å². The average Bonchev–Trinajstić information content (AvgIpc) is 2.62. The fourth-order valence-electron chi connectivity index (χ4n) is 2.73. The Hall–Kier alpha value is -2.93. The minimum Gasteiger partial charge on any atom is -0.439 e. The summed E-state index contributed by atoms with van der Waals surface area (Å²) in [7, 11) is -3.28. The number of hydrogen-bond acceptors (Lipinski definition) is 4. The molecule has 0 saturated heterocycles. The van der Waals surface area contributed by atoms with Crippen LogP contribution < -0.4 is 14.0 Å². The van der Waals surface area contributed by atoms with Crippen molar-refractivity contribution in [3.8, 4) is 22.8 Å². The van der Waals surface area contributed by atoms with Crippen molar-refractivity contribution in [3.05, 3.63) is 67.0 Å². The van der Waals surface area contributed by atoms with E-state index in [4.69, 9.17) is 4.74 Å². The molecule has 0 atom stereocenters. The van der Waals surface area contributed by atoms with Gasteiger partial charge in [0.2, 0.25) is 5.88 Å². The minimum atomic E-state index is -3.28. The fraction of sp³-hybridized carbons (Fsp3) is 0.111. The van der Waals surface area contributed by atoms with Crippen LogP contribution in [0.15, 0.2) is 67.0 Å². The van der Waals surface area contributed by atoms with Crippen LogP contribution in [0.5, 0.6) is 11.6 Å². The van der Waals surface area contributed by atoms with Gasteiger partial charge in [-0.3, -0.25) is 0 Å². The highest BCUT2D eigenvalue weighted by molar-refractivity contribution is 7.92. The Morgan fingerprint density at radius 3 is 2.64 bits per heavy atom. The van der Waals surface area contributed by atoms with Crippen molar-refractivity contribution < 1.29 is 17.7 Å². The number of aryl methyl sites for hydroxylation is 1. The summed E-state index contributed by atoms with van der Waals surface area (Å²) in [4.78, 5) is 4.13. The highest BCUT2D eigenvalue weighted by Gasteiger charge is 2.29. The molecule has 7 heteroatoms.